The molecule has 0 bridgehead atoms. The lowest BCUT2D eigenvalue weighted by atomic mass is 10.7. The number of tetrazole rings is 1. The van der Waals surface area contributed by atoms with Gasteiger partial charge < -0.3 is 0 Å². The van der Waals surface area contributed by atoms with Gasteiger partial charge in [0.2, 0.25) is 5.91 Å². The van der Waals surface area contributed by atoms with Crippen molar-refractivity contribution in [3.8, 4) is 0 Å². The summed E-state index contributed by atoms with van der Waals surface area (Å²) in [4.78, 5) is 21.4. The number of carbonyl (C=O) groups excluding carboxylic acids is 2. The van der Waals surface area contributed by atoms with Gasteiger partial charge in [0.1, 0.15) is 5.88 Å². The van der Waals surface area contributed by atoms with Gasteiger partial charge in [0.05, 0.1) is 0 Å². The first kappa shape index (κ1) is 9.39. The average Bonchev–Trinajstić information content (AvgIpc) is 2.56. The summed E-state index contributed by atoms with van der Waals surface area (Å²) in [5, 5.41) is 16.2. The molecule has 70 valence electrons. The summed E-state index contributed by atoms with van der Waals surface area (Å²) >= 11 is 5.14. The van der Waals surface area contributed by atoms with E-state index >= 15 is 0 Å². The van der Waals surface area contributed by atoms with Crippen LogP contribution in [0.1, 0.15) is 0 Å². The van der Waals surface area contributed by atoms with Gasteiger partial charge in [0.25, 0.3) is 5.95 Å². The molecule has 3 amide bonds. The van der Waals surface area contributed by atoms with E-state index in [0.29, 0.717) is 0 Å². The molecule has 1 aromatic heterocycles. The molecule has 13 heavy (non-hydrogen) atoms. The topological polar surface area (TPSA) is 113 Å². The Hall–Kier alpha value is -1.70. The van der Waals surface area contributed by atoms with E-state index in [4.69, 9.17) is 11.6 Å². The van der Waals surface area contributed by atoms with Crippen LogP contribution in [0.15, 0.2) is 0 Å². The van der Waals surface area contributed by atoms with Crippen LogP contribution in [-0.2, 0) is 4.79 Å². The Kier molecular flexibility index (Phi) is 3.15. The molecule has 3 N–H and O–H groups in total. The van der Waals surface area contributed by atoms with Crippen LogP contribution in [0.5, 0.6) is 0 Å². The Morgan fingerprint density at radius 1 is 1.54 bits per heavy atom. The fourth-order valence-electron chi connectivity index (χ4n) is 0.508. The summed E-state index contributed by atoms with van der Waals surface area (Å²) in [7, 11) is 0. The molecule has 0 radical (unpaired) electrons. The maximum Gasteiger partial charge on any atom is 0.328 e. The summed E-state index contributed by atoms with van der Waals surface area (Å²) in [6.07, 6.45) is 0. The summed E-state index contributed by atoms with van der Waals surface area (Å²) in [6.45, 7) is 0. The van der Waals surface area contributed by atoms with Crippen molar-refractivity contribution in [2.24, 2.45) is 0 Å². The van der Waals surface area contributed by atoms with Gasteiger partial charge in [-0.1, -0.05) is 5.10 Å². The number of nitrogens with one attached hydrogen (secondary N) is 3. The standard InChI is InChI=1S/C4H5ClN6O2/c5-1-2(12)6-4(13)7-3-8-10-11-9-3/h1H2,(H3,6,7,8,9,10,11,12,13). The van der Waals surface area contributed by atoms with Crippen molar-refractivity contribution in [1.29, 1.82) is 0 Å². The predicted molar refractivity (Wildman–Crippen MR) is 42.1 cm³/mol. The summed E-state index contributed by atoms with van der Waals surface area (Å²) in [6, 6.07) is -0.757. The second kappa shape index (κ2) is 4.36. The Balaban J connectivity index is 2.38. The lowest BCUT2D eigenvalue weighted by Gasteiger charge is -1.99. The number of carbonyl (C=O) groups is 2. The van der Waals surface area contributed by atoms with Crippen molar-refractivity contribution < 1.29 is 9.59 Å². The molecule has 0 aliphatic rings. The van der Waals surface area contributed by atoms with E-state index < -0.39 is 11.9 Å². The van der Waals surface area contributed by atoms with Gasteiger partial charge in [0, 0.05) is 0 Å². The highest BCUT2D eigenvalue weighted by Gasteiger charge is 2.07. The van der Waals surface area contributed by atoms with Crippen molar-refractivity contribution >= 4 is 29.5 Å². The molecule has 0 fully saturated rings. The minimum atomic E-state index is -0.757. The van der Waals surface area contributed by atoms with E-state index in [2.05, 4.69) is 25.9 Å². The molecule has 0 aliphatic heterocycles. The second-order valence-corrected chi connectivity index (χ2v) is 2.14. The first-order valence-electron chi connectivity index (χ1n) is 3.12. The first-order chi connectivity index (χ1) is 6.22. The number of urea groups is 1. The smallest absolute Gasteiger partial charge is 0.277 e. The van der Waals surface area contributed by atoms with Gasteiger partial charge in [0.15, 0.2) is 0 Å². The lowest BCUT2D eigenvalue weighted by molar-refractivity contribution is -0.117. The van der Waals surface area contributed by atoms with Crippen molar-refractivity contribution in [1.82, 2.24) is 25.9 Å². The number of anilines is 1. The molecular weight excluding hydrogens is 200 g/mol. The highest BCUT2D eigenvalue weighted by molar-refractivity contribution is 6.28. The Labute approximate surface area is 77.0 Å². The van der Waals surface area contributed by atoms with Crippen LogP contribution >= 0.6 is 11.6 Å². The molecule has 0 aromatic carbocycles. The Bertz CT molecular complexity index is 298. The van der Waals surface area contributed by atoms with E-state index in [1.807, 2.05) is 5.32 Å². The van der Waals surface area contributed by atoms with E-state index in [1.165, 1.54) is 0 Å². The number of amides is 3. The molecule has 9 heteroatoms. The fourth-order valence-corrected chi connectivity index (χ4v) is 0.574. The third-order valence-electron chi connectivity index (χ3n) is 0.945. The lowest BCUT2D eigenvalue weighted by Crippen LogP contribution is -2.35. The van der Waals surface area contributed by atoms with Crippen molar-refractivity contribution in [2.45, 2.75) is 0 Å². The predicted octanol–water partition coefficient (Wildman–Crippen LogP) is -0.913. The zero-order chi connectivity index (χ0) is 9.68. The van der Waals surface area contributed by atoms with Gasteiger partial charge in [-0.2, -0.15) is 5.21 Å². The maximum atomic E-state index is 10.9. The molecule has 1 rings (SSSR count). The van der Waals surface area contributed by atoms with E-state index in [1.54, 1.807) is 0 Å². The first-order valence-corrected chi connectivity index (χ1v) is 3.66. The monoisotopic (exact) mass is 204 g/mol. The molecular formula is C4H5ClN6O2. The van der Waals surface area contributed by atoms with Crippen molar-refractivity contribution in [3.63, 3.8) is 0 Å². The minimum absolute atomic E-state index is 0.0279. The molecule has 0 saturated heterocycles. The number of hydrogen-bond donors (Lipinski definition) is 3. The second-order valence-electron chi connectivity index (χ2n) is 1.87. The van der Waals surface area contributed by atoms with Crippen LogP contribution < -0.4 is 10.6 Å². The highest BCUT2D eigenvalue weighted by Crippen LogP contribution is 1.88. The maximum absolute atomic E-state index is 10.9. The van der Waals surface area contributed by atoms with Crippen LogP contribution in [0.25, 0.3) is 0 Å². The minimum Gasteiger partial charge on any atom is -0.277 e. The summed E-state index contributed by atoms with van der Waals surface area (Å²) in [5.74, 6) is -0.929. The van der Waals surface area contributed by atoms with Crippen LogP contribution in [-0.4, -0.2) is 38.4 Å². The van der Waals surface area contributed by atoms with E-state index in [9.17, 15) is 9.59 Å². The van der Waals surface area contributed by atoms with Crippen molar-refractivity contribution in [2.75, 3.05) is 11.2 Å². The SMILES string of the molecule is O=C(CCl)NC(=O)Nc1nn[nH]n1. The Morgan fingerprint density at radius 3 is 2.85 bits per heavy atom. The third kappa shape index (κ3) is 3.03. The zero-order valence-corrected chi connectivity index (χ0v) is 7.00. The number of aromatic nitrogens is 4. The summed E-state index contributed by atoms with van der Waals surface area (Å²) in [5.41, 5.74) is 0. The number of hydrogen-bond acceptors (Lipinski definition) is 5. The third-order valence-corrected chi connectivity index (χ3v) is 1.19. The van der Waals surface area contributed by atoms with Gasteiger partial charge >= 0.3 is 6.03 Å². The van der Waals surface area contributed by atoms with E-state index in [0.717, 1.165) is 0 Å². The van der Waals surface area contributed by atoms with E-state index in [-0.39, 0.29) is 11.8 Å². The normalized spacial score (nSPS) is 9.31. The van der Waals surface area contributed by atoms with Crippen LogP contribution in [0, 0.1) is 0 Å². The van der Waals surface area contributed by atoms with Crippen molar-refractivity contribution in [3.05, 3.63) is 0 Å². The molecule has 0 spiro atoms. The molecule has 1 aromatic rings. The zero-order valence-electron chi connectivity index (χ0n) is 6.24. The number of aromatic amines is 1. The van der Waals surface area contributed by atoms with Gasteiger partial charge in [-0.05, 0) is 5.21 Å². The average molecular weight is 205 g/mol. The molecule has 0 unspecified atom stereocenters. The molecule has 1 heterocycles. The Morgan fingerprint density at radius 2 is 2.31 bits per heavy atom. The van der Waals surface area contributed by atoms with Gasteiger partial charge in [-0.15, -0.1) is 16.7 Å². The van der Waals surface area contributed by atoms with Crippen LogP contribution in [0.4, 0.5) is 10.7 Å². The quantitative estimate of drug-likeness (QED) is 0.540. The largest absolute Gasteiger partial charge is 0.328 e. The number of H-pyrrole nitrogens is 1. The number of imide groups is 1. The number of rotatable bonds is 2. The van der Waals surface area contributed by atoms with Gasteiger partial charge in [-0.25, -0.2) is 4.79 Å². The molecule has 8 nitrogen and oxygen atoms in total. The number of nitrogens with zero attached hydrogens (tertiary/aromatic N) is 3. The number of alkyl halides is 1. The fraction of sp³-hybridized carbons (Fsp3) is 0.250. The molecule has 0 saturated carbocycles. The number of halogens is 1. The summed E-state index contributed by atoms with van der Waals surface area (Å²) < 4.78 is 0. The molecule has 0 atom stereocenters. The van der Waals surface area contributed by atoms with Gasteiger partial charge in [-0.3, -0.25) is 15.4 Å². The van der Waals surface area contributed by atoms with Crippen LogP contribution in [0.3, 0.4) is 0 Å². The highest BCUT2D eigenvalue weighted by atomic mass is 35.5. The van der Waals surface area contributed by atoms with Crippen LogP contribution in [0.2, 0.25) is 0 Å². The molecule has 0 aliphatic carbocycles.